The quantitative estimate of drug-likeness (QED) is 0.786. The second kappa shape index (κ2) is 6.99. The molecule has 2 amide bonds. The van der Waals surface area contributed by atoms with Crippen LogP contribution in [0.3, 0.4) is 0 Å². The molecular formula is C17H29N3O2. The van der Waals surface area contributed by atoms with Gasteiger partial charge in [-0.15, -0.1) is 0 Å². The molecule has 3 fully saturated rings. The number of rotatable bonds is 2. The first-order valence-electron chi connectivity index (χ1n) is 8.99. The molecule has 22 heavy (non-hydrogen) atoms. The fraction of sp³-hybridized carbons (Fsp3) is 0.882. The molecule has 3 aliphatic rings. The molecule has 2 aliphatic heterocycles. The molecule has 2 heterocycles. The third-order valence-corrected chi connectivity index (χ3v) is 5.54. The Morgan fingerprint density at radius 1 is 1.00 bits per heavy atom. The highest BCUT2D eigenvalue weighted by atomic mass is 16.2. The minimum absolute atomic E-state index is 0.104. The van der Waals surface area contributed by atoms with E-state index in [1.54, 1.807) is 0 Å². The van der Waals surface area contributed by atoms with Gasteiger partial charge < -0.3 is 15.5 Å². The molecule has 0 aromatic rings. The van der Waals surface area contributed by atoms with E-state index in [9.17, 15) is 9.59 Å². The second-order valence-corrected chi connectivity index (χ2v) is 7.28. The number of amides is 2. The molecule has 0 unspecified atom stereocenters. The topological polar surface area (TPSA) is 66.6 Å². The van der Waals surface area contributed by atoms with E-state index in [1.165, 1.54) is 25.7 Å². The van der Waals surface area contributed by atoms with Gasteiger partial charge in [0.2, 0.25) is 11.8 Å². The van der Waals surface area contributed by atoms with Crippen LogP contribution < -0.4 is 5.73 Å². The summed E-state index contributed by atoms with van der Waals surface area (Å²) in [6.45, 7) is 2.10. The van der Waals surface area contributed by atoms with E-state index in [2.05, 4.69) is 0 Å². The van der Waals surface area contributed by atoms with Gasteiger partial charge in [0, 0.05) is 38.1 Å². The van der Waals surface area contributed by atoms with Crippen LogP contribution in [0.4, 0.5) is 0 Å². The van der Waals surface area contributed by atoms with Gasteiger partial charge in [0.05, 0.1) is 5.92 Å². The maximum Gasteiger partial charge on any atom is 0.228 e. The van der Waals surface area contributed by atoms with Crippen LogP contribution in [0.15, 0.2) is 0 Å². The first-order chi connectivity index (χ1) is 10.6. The zero-order valence-corrected chi connectivity index (χ0v) is 13.5. The van der Waals surface area contributed by atoms with Crippen LogP contribution in [0, 0.1) is 5.92 Å². The lowest BCUT2D eigenvalue weighted by atomic mass is 10.0. The summed E-state index contributed by atoms with van der Waals surface area (Å²) in [7, 11) is 0. The van der Waals surface area contributed by atoms with Crippen molar-refractivity contribution in [1.29, 1.82) is 0 Å². The van der Waals surface area contributed by atoms with E-state index in [1.807, 2.05) is 9.80 Å². The normalized spacial score (nSPS) is 31.4. The number of carbonyl (C=O) groups excluding carboxylic acids is 2. The van der Waals surface area contributed by atoms with Crippen molar-refractivity contribution >= 4 is 11.8 Å². The number of hydrogen-bond acceptors (Lipinski definition) is 3. The summed E-state index contributed by atoms with van der Waals surface area (Å²) in [4.78, 5) is 29.0. The van der Waals surface area contributed by atoms with Crippen LogP contribution in [0.2, 0.25) is 0 Å². The van der Waals surface area contributed by atoms with Crippen molar-refractivity contribution in [3.63, 3.8) is 0 Å². The Balaban J connectivity index is 1.59. The lowest BCUT2D eigenvalue weighted by Gasteiger charge is -2.33. The average Bonchev–Trinajstić information content (AvgIpc) is 2.73. The number of likely N-dealkylation sites (tertiary alicyclic amines) is 2. The Morgan fingerprint density at radius 2 is 1.73 bits per heavy atom. The molecule has 1 saturated carbocycles. The monoisotopic (exact) mass is 307 g/mol. The van der Waals surface area contributed by atoms with Crippen LogP contribution in [-0.4, -0.2) is 53.3 Å². The maximum atomic E-state index is 12.7. The van der Waals surface area contributed by atoms with Crippen molar-refractivity contribution in [2.75, 3.05) is 19.6 Å². The molecule has 2 N–H and O–H groups in total. The summed E-state index contributed by atoms with van der Waals surface area (Å²) in [5, 5.41) is 0. The number of piperidine rings is 1. The lowest BCUT2D eigenvalue weighted by molar-refractivity contribution is -0.137. The number of nitrogens with zero attached hydrogens (tertiary/aromatic N) is 2. The standard InChI is InChI=1S/C17H29N3O2/c18-14-6-5-9-19(12-14)17(22)13-10-16(21)20(11-13)15-7-3-1-2-4-8-15/h13-15H,1-12,18H2/t13-,14+/m1/s1. The van der Waals surface area contributed by atoms with Crippen LogP contribution in [0.5, 0.6) is 0 Å². The zero-order chi connectivity index (χ0) is 15.5. The molecule has 0 bridgehead atoms. The van der Waals surface area contributed by atoms with Crippen LogP contribution in [0.1, 0.15) is 57.8 Å². The van der Waals surface area contributed by atoms with Crippen LogP contribution in [0.25, 0.3) is 0 Å². The largest absolute Gasteiger partial charge is 0.341 e. The molecule has 5 nitrogen and oxygen atoms in total. The van der Waals surface area contributed by atoms with Gasteiger partial charge in [-0.25, -0.2) is 0 Å². The zero-order valence-electron chi connectivity index (χ0n) is 13.5. The van der Waals surface area contributed by atoms with Crippen LogP contribution >= 0.6 is 0 Å². The summed E-state index contributed by atoms with van der Waals surface area (Å²) >= 11 is 0. The molecule has 3 rings (SSSR count). The van der Waals surface area contributed by atoms with E-state index >= 15 is 0 Å². The van der Waals surface area contributed by atoms with Gasteiger partial charge >= 0.3 is 0 Å². The van der Waals surface area contributed by atoms with Gasteiger partial charge in [-0.1, -0.05) is 25.7 Å². The molecule has 5 heteroatoms. The molecule has 2 atom stereocenters. The summed E-state index contributed by atoms with van der Waals surface area (Å²) in [6, 6.07) is 0.476. The van der Waals surface area contributed by atoms with E-state index < -0.39 is 0 Å². The van der Waals surface area contributed by atoms with Crippen molar-refractivity contribution in [3.05, 3.63) is 0 Å². The van der Waals surface area contributed by atoms with Crippen molar-refractivity contribution < 1.29 is 9.59 Å². The fourth-order valence-corrected chi connectivity index (χ4v) is 4.29. The molecule has 1 aliphatic carbocycles. The van der Waals surface area contributed by atoms with E-state index in [4.69, 9.17) is 5.73 Å². The number of nitrogens with two attached hydrogens (primary N) is 1. The Bertz CT molecular complexity index is 418. The number of carbonyl (C=O) groups is 2. The van der Waals surface area contributed by atoms with Crippen LogP contribution in [-0.2, 0) is 9.59 Å². The third-order valence-electron chi connectivity index (χ3n) is 5.54. The van der Waals surface area contributed by atoms with Gasteiger partial charge in [-0.2, -0.15) is 0 Å². The highest BCUT2D eigenvalue weighted by Crippen LogP contribution is 2.29. The van der Waals surface area contributed by atoms with Crippen molar-refractivity contribution in [3.8, 4) is 0 Å². The van der Waals surface area contributed by atoms with Gasteiger partial charge in [0.25, 0.3) is 0 Å². The first-order valence-corrected chi connectivity index (χ1v) is 8.99. The minimum atomic E-state index is -0.138. The molecule has 0 radical (unpaired) electrons. The Labute approximate surface area is 133 Å². The predicted octanol–water partition coefficient (Wildman–Crippen LogP) is 1.51. The SMILES string of the molecule is N[C@H]1CCCN(C(=O)[C@@H]2CC(=O)N(C3CCCCCC3)C2)C1. The van der Waals surface area contributed by atoms with Crippen molar-refractivity contribution in [1.82, 2.24) is 9.80 Å². The van der Waals surface area contributed by atoms with Gasteiger partial charge in [-0.05, 0) is 25.7 Å². The molecular weight excluding hydrogens is 278 g/mol. The first kappa shape index (κ1) is 15.8. The fourth-order valence-electron chi connectivity index (χ4n) is 4.29. The van der Waals surface area contributed by atoms with E-state index in [0.29, 0.717) is 25.6 Å². The Morgan fingerprint density at radius 3 is 2.41 bits per heavy atom. The van der Waals surface area contributed by atoms with Crippen molar-refractivity contribution in [2.45, 2.75) is 69.9 Å². The summed E-state index contributed by atoms with van der Waals surface area (Å²) < 4.78 is 0. The third kappa shape index (κ3) is 3.45. The Hall–Kier alpha value is -1.10. The average molecular weight is 307 g/mol. The maximum absolute atomic E-state index is 12.7. The summed E-state index contributed by atoms with van der Waals surface area (Å²) in [6.07, 6.45) is 9.62. The molecule has 2 saturated heterocycles. The predicted molar refractivity (Wildman–Crippen MR) is 85.1 cm³/mol. The lowest BCUT2D eigenvalue weighted by Crippen LogP contribution is -2.48. The summed E-state index contributed by atoms with van der Waals surface area (Å²) in [5.74, 6) is 0.201. The van der Waals surface area contributed by atoms with Gasteiger partial charge in [0.1, 0.15) is 0 Å². The Kier molecular flexibility index (Phi) is 5.01. The molecule has 124 valence electrons. The van der Waals surface area contributed by atoms with Gasteiger partial charge in [0.15, 0.2) is 0 Å². The molecule has 0 aromatic heterocycles. The van der Waals surface area contributed by atoms with E-state index in [0.717, 1.165) is 32.2 Å². The van der Waals surface area contributed by atoms with Gasteiger partial charge in [-0.3, -0.25) is 9.59 Å². The second-order valence-electron chi connectivity index (χ2n) is 7.28. The summed E-state index contributed by atoms with van der Waals surface area (Å²) in [5.41, 5.74) is 5.98. The smallest absolute Gasteiger partial charge is 0.228 e. The minimum Gasteiger partial charge on any atom is -0.341 e. The van der Waals surface area contributed by atoms with E-state index in [-0.39, 0.29) is 23.8 Å². The highest BCUT2D eigenvalue weighted by Gasteiger charge is 2.39. The van der Waals surface area contributed by atoms with Crippen molar-refractivity contribution in [2.24, 2.45) is 11.7 Å². The highest BCUT2D eigenvalue weighted by molar-refractivity contribution is 5.89. The molecule has 0 spiro atoms. The number of hydrogen-bond donors (Lipinski definition) is 1. The molecule has 0 aromatic carbocycles.